The molecule has 2 saturated carbocycles. The molecule has 9 N–H and O–H groups in total. The van der Waals surface area contributed by atoms with Gasteiger partial charge in [0.15, 0.2) is 0 Å². The minimum Gasteiger partial charge on any atom is -0.468 e. The van der Waals surface area contributed by atoms with Gasteiger partial charge in [-0.25, -0.2) is 33.7 Å². The molecule has 5 heterocycles. The van der Waals surface area contributed by atoms with E-state index in [4.69, 9.17) is 36.3 Å². The van der Waals surface area contributed by atoms with E-state index in [-0.39, 0.29) is 48.5 Å². The lowest BCUT2D eigenvalue weighted by Gasteiger charge is -2.28. The van der Waals surface area contributed by atoms with Crippen molar-refractivity contribution in [3.63, 3.8) is 0 Å². The lowest BCUT2D eigenvalue weighted by Crippen LogP contribution is -2.42. The molecule has 6 aromatic rings. The van der Waals surface area contributed by atoms with E-state index in [1.807, 2.05) is 38.1 Å². The Hall–Kier alpha value is -4.74. The number of para-hydroxylation sites is 1. The number of hydrogen-bond donors (Lipinski definition) is 9. The number of aliphatic hydroxyl groups is 5. The topological polar surface area (TPSA) is 249 Å². The highest BCUT2D eigenvalue weighted by Gasteiger charge is 2.54. The van der Waals surface area contributed by atoms with Crippen LogP contribution in [0.2, 0.25) is 0 Å². The SMILES string of the molecule is CCNc1nc(C)c(-c2nc3ccccc3s2)c(N[C@@H]2CC(C(C)(F)F)[C@@H](O)[C@H]2Oc2nccc3sc(-c4c(C)nc(NC(CO)CCl)nc4N[C@@H]4C[C@H](C(C)(C)O)[C@@H](O)[C@H]4O)nc23)n1. The molecule has 8 rings (SSSR count). The molecule has 22 heteroatoms. The fourth-order valence-corrected chi connectivity index (χ4v) is 10.9. The third kappa shape index (κ3) is 9.47. The van der Waals surface area contributed by atoms with Gasteiger partial charge in [-0.15, -0.1) is 34.3 Å². The smallest absolute Gasteiger partial charge is 0.250 e. The van der Waals surface area contributed by atoms with Crippen molar-refractivity contribution in [3.05, 3.63) is 47.9 Å². The van der Waals surface area contributed by atoms with Crippen LogP contribution in [0.25, 0.3) is 41.6 Å². The lowest BCUT2D eigenvalue weighted by molar-refractivity contribution is -0.0920. The van der Waals surface area contributed by atoms with Gasteiger partial charge in [0.1, 0.15) is 45.5 Å². The fourth-order valence-electron chi connectivity index (χ4n) is 8.66. The molecule has 0 aliphatic heterocycles. The summed E-state index contributed by atoms with van der Waals surface area (Å²) in [6.45, 7) is 9.63. The number of pyridine rings is 1. The third-order valence-electron chi connectivity index (χ3n) is 12.0. The van der Waals surface area contributed by atoms with E-state index in [2.05, 4.69) is 36.2 Å². The Morgan fingerprint density at radius 1 is 0.815 bits per heavy atom. The Kier molecular flexibility index (Phi) is 13.3. The van der Waals surface area contributed by atoms with Crippen molar-refractivity contribution in [3.8, 4) is 27.0 Å². The Morgan fingerprint density at radius 2 is 1.45 bits per heavy atom. The van der Waals surface area contributed by atoms with Crippen molar-refractivity contribution in [1.82, 2.24) is 34.9 Å². The summed E-state index contributed by atoms with van der Waals surface area (Å²) >= 11 is 8.76. The molecule has 2 unspecified atom stereocenters. The summed E-state index contributed by atoms with van der Waals surface area (Å²) in [5.41, 5.74) is 1.84. The Labute approximate surface area is 386 Å². The lowest BCUT2D eigenvalue weighted by atomic mass is 9.88. The summed E-state index contributed by atoms with van der Waals surface area (Å²) in [5, 5.41) is 68.3. The molecule has 5 aromatic heterocycles. The highest BCUT2D eigenvalue weighted by molar-refractivity contribution is 7.22. The summed E-state index contributed by atoms with van der Waals surface area (Å²) in [4.78, 5) is 33.1. The van der Waals surface area contributed by atoms with Crippen LogP contribution in [0.15, 0.2) is 36.5 Å². The molecule has 2 aliphatic rings. The van der Waals surface area contributed by atoms with Crippen LogP contribution in [0, 0.1) is 25.7 Å². The summed E-state index contributed by atoms with van der Waals surface area (Å²) in [6.07, 6.45) is -3.89. The number of hydrogen-bond acceptors (Lipinski definition) is 19. The number of alkyl halides is 3. The Bertz CT molecular complexity index is 2630. The van der Waals surface area contributed by atoms with Gasteiger partial charge in [0.25, 0.3) is 5.92 Å². The second-order valence-electron chi connectivity index (χ2n) is 17.2. The van der Waals surface area contributed by atoms with E-state index in [1.165, 1.54) is 28.9 Å². The molecule has 9 atom stereocenters. The van der Waals surface area contributed by atoms with Crippen molar-refractivity contribution < 1.29 is 39.1 Å². The fraction of sp³-hybridized carbons (Fsp3) is 0.512. The Balaban J connectivity index is 1.17. The van der Waals surface area contributed by atoms with Gasteiger partial charge in [-0.1, -0.05) is 12.1 Å². The summed E-state index contributed by atoms with van der Waals surface area (Å²) < 4.78 is 38.7. The van der Waals surface area contributed by atoms with E-state index in [0.29, 0.717) is 55.5 Å². The van der Waals surface area contributed by atoms with Gasteiger partial charge in [-0.2, -0.15) is 9.97 Å². The zero-order valence-electron chi connectivity index (χ0n) is 36.4. The van der Waals surface area contributed by atoms with E-state index in [9.17, 15) is 25.5 Å². The molecule has 17 nitrogen and oxygen atoms in total. The van der Waals surface area contributed by atoms with Gasteiger partial charge in [0.05, 0.1) is 79.8 Å². The molecule has 0 amide bonds. The first-order valence-corrected chi connectivity index (χ1v) is 23.5. The maximum Gasteiger partial charge on any atom is 0.250 e. The number of aryl methyl sites for hydroxylation is 2. The number of rotatable bonds is 16. The molecule has 0 spiro atoms. The van der Waals surface area contributed by atoms with E-state index in [0.717, 1.165) is 17.1 Å². The minimum absolute atomic E-state index is 0.0128. The number of aromatic nitrogens is 7. The predicted molar refractivity (Wildman–Crippen MR) is 248 cm³/mol. The second-order valence-corrected chi connectivity index (χ2v) is 19.6. The van der Waals surface area contributed by atoms with Crippen LogP contribution in [-0.2, 0) is 0 Å². The molecule has 1 aromatic carbocycles. The average molecular weight is 957 g/mol. The number of halogens is 3. The van der Waals surface area contributed by atoms with Gasteiger partial charge in [-0.05, 0) is 72.6 Å². The number of benzene rings is 1. The summed E-state index contributed by atoms with van der Waals surface area (Å²) in [7, 11) is 0. The number of ether oxygens (including phenoxy) is 1. The van der Waals surface area contributed by atoms with Crippen LogP contribution < -0.4 is 26.0 Å². The monoisotopic (exact) mass is 955 g/mol. The van der Waals surface area contributed by atoms with E-state index < -0.39 is 65.9 Å². The second kappa shape index (κ2) is 18.5. The number of aliphatic hydroxyl groups excluding tert-OH is 4. The van der Waals surface area contributed by atoms with Crippen LogP contribution >= 0.6 is 34.3 Å². The van der Waals surface area contributed by atoms with Crippen molar-refractivity contribution >= 4 is 78.2 Å². The highest BCUT2D eigenvalue weighted by atomic mass is 35.5. The number of thiazole rings is 2. The van der Waals surface area contributed by atoms with Gasteiger partial charge >= 0.3 is 0 Å². The molecule has 348 valence electrons. The van der Waals surface area contributed by atoms with Crippen LogP contribution in [0.3, 0.4) is 0 Å². The van der Waals surface area contributed by atoms with Crippen molar-refractivity contribution in [2.45, 2.75) is 108 Å². The zero-order valence-corrected chi connectivity index (χ0v) is 38.8. The first-order chi connectivity index (χ1) is 30.9. The molecular weight excluding hydrogens is 904 g/mol. The quantitative estimate of drug-likeness (QED) is 0.0518. The molecule has 0 saturated heterocycles. The van der Waals surface area contributed by atoms with Crippen molar-refractivity contribution in [2.75, 3.05) is 40.3 Å². The van der Waals surface area contributed by atoms with Crippen molar-refractivity contribution in [2.24, 2.45) is 11.8 Å². The minimum atomic E-state index is -3.28. The highest BCUT2D eigenvalue weighted by Crippen LogP contribution is 2.45. The van der Waals surface area contributed by atoms with E-state index >= 15 is 8.78 Å². The Morgan fingerprint density at radius 3 is 2.08 bits per heavy atom. The summed E-state index contributed by atoms with van der Waals surface area (Å²) in [6, 6.07) is 7.17. The first kappa shape index (κ1) is 46.8. The number of fused-ring (bicyclic) bond motifs is 2. The van der Waals surface area contributed by atoms with Crippen LogP contribution in [0.4, 0.5) is 32.3 Å². The number of anilines is 4. The van der Waals surface area contributed by atoms with Crippen LogP contribution in [-0.4, -0.2) is 134 Å². The molecule has 65 heavy (non-hydrogen) atoms. The molecule has 0 bridgehead atoms. The van der Waals surface area contributed by atoms with Crippen molar-refractivity contribution in [1.29, 1.82) is 0 Å². The third-order valence-corrected chi connectivity index (χ3v) is 14.5. The largest absolute Gasteiger partial charge is 0.468 e. The summed E-state index contributed by atoms with van der Waals surface area (Å²) in [5.74, 6) is -4.37. The van der Waals surface area contributed by atoms with Gasteiger partial charge in [0, 0.05) is 24.5 Å². The normalized spacial score (nSPS) is 24.2. The first-order valence-electron chi connectivity index (χ1n) is 21.3. The van der Waals surface area contributed by atoms with Gasteiger partial charge in [-0.3, -0.25) is 0 Å². The van der Waals surface area contributed by atoms with Gasteiger partial charge < -0.3 is 51.5 Å². The molecule has 0 radical (unpaired) electrons. The number of nitrogens with one attached hydrogen (secondary N) is 4. The maximum atomic E-state index is 15.3. The molecule has 2 fully saturated rings. The molecule has 2 aliphatic carbocycles. The predicted octanol–water partition coefficient (Wildman–Crippen LogP) is 5.83. The molecular formula is C43H52ClF2N11O6S2. The zero-order chi connectivity index (χ0) is 46.5. The van der Waals surface area contributed by atoms with E-state index in [1.54, 1.807) is 26.8 Å². The standard InChI is InChI=1S/C43H52ClF2N11O6S2/c1-7-47-40-49-18(2)28(38-54-23-10-8-9-11-26(23)64-38)36(56-40)53-25-15-22(43(6,45)46)32(60)34(25)63-37-30-27(12-13-48-37)65-39(55-30)29-19(3)50-41(51-20(16-44)17-58)57-35(29)52-24-14-21(42(4,5)62)31(59)33(24)61/h8-13,20-22,24-25,31-34,58-62H,7,14-17H2,1-6H3,(H2,47,49,53,56)(H2,50,51,52,57)/t20?,21-,22?,24+,25+,31+,32+,33-,34-/m0/s1. The average Bonchev–Trinajstić information content (AvgIpc) is 4.01. The maximum absolute atomic E-state index is 15.3. The number of nitrogens with zero attached hydrogens (tertiary/aromatic N) is 7. The van der Waals surface area contributed by atoms with Gasteiger partial charge in [0.2, 0.25) is 17.8 Å². The van der Waals surface area contributed by atoms with Crippen LogP contribution in [0.5, 0.6) is 5.88 Å². The van der Waals surface area contributed by atoms with Crippen LogP contribution in [0.1, 0.15) is 51.9 Å².